The molecule has 214 valence electrons. The Morgan fingerprint density at radius 3 is 2.64 bits per heavy atom. The molecule has 1 atom stereocenters. The first-order valence-corrected chi connectivity index (χ1v) is 14.7. The molecule has 0 fully saturated rings. The van der Waals surface area contributed by atoms with Gasteiger partial charge < -0.3 is 11.1 Å². The van der Waals surface area contributed by atoms with Gasteiger partial charge in [0.25, 0.3) is 0 Å². The van der Waals surface area contributed by atoms with Crippen molar-refractivity contribution >= 4 is 45.6 Å². The first kappa shape index (κ1) is 28.0. The lowest BCUT2D eigenvalue weighted by Gasteiger charge is -2.45. The summed E-state index contributed by atoms with van der Waals surface area (Å²) in [4.78, 5) is 29.2. The lowest BCUT2D eigenvalue weighted by Crippen LogP contribution is -2.52. The number of nitrogens with zero attached hydrogens (tertiary/aromatic N) is 4. The average molecular weight is 609 g/mol. The number of carbonyl (C=O) groups is 2. The number of amides is 1. The third-order valence-electron chi connectivity index (χ3n) is 7.60. The predicted molar refractivity (Wildman–Crippen MR) is 152 cm³/mol. The van der Waals surface area contributed by atoms with Crippen molar-refractivity contribution in [3.8, 4) is 6.07 Å². The zero-order chi connectivity index (χ0) is 30.0. The Kier molecular flexibility index (Phi) is 6.47. The van der Waals surface area contributed by atoms with Crippen molar-refractivity contribution in [2.45, 2.75) is 48.4 Å². The molecular weight excluding hydrogens is 585 g/mol. The van der Waals surface area contributed by atoms with E-state index in [0.29, 0.717) is 33.3 Å². The number of fused-ring (bicyclic) bond motifs is 3. The van der Waals surface area contributed by atoms with Gasteiger partial charge in [-0.25, -0.2) is 0 Å². The number of hydrogen-bond donors (Lipinski definition) is 2. The predicted octanol–water partition coefficient (Wildman–Crippen LogP) is 5.90. The summed E-state index contributed by atoms with van der Waals surface area (Å²) < 4.78 is 39.9. The van der Waals surface area contributed by atoms with Crippen LogP contribution in [0, 0.1) is 16.7 Å². The zero-order valence-electron chi connectivity index (χ0n) is 22.4. The molecule has 0 bridgehead atoms. The topological polar surface area (TPSA) is 125 Å². The Morgan fingerprint density at radius 1 is 1.14 bits per heavy atom. The highest BCUT2D eigenvalue weighted by molar-refractivity contribution is 8.00. The number of hydrogen-bond acceptors (Lipinski definition) is 9. The smallest absolute Gasteiger partial charge is 0.384 e. The number of aromatic nitrogens is 2. The van der Waals surface area contributed by atoms with E-state index < -0.39 is 28.5 Å². The maximum Gasteiger partial charge on any atom is 0.416 e. The number of ketones is 1. The molecule has 3 aromatic rings. The standard InChI is InChI=1S/C29H23F3N6O2S2/c1-27(2)11-20-22(21(39)12-27)28(17-8-3-4-9-19(17)35-24(28)40)18(13-33)23(34)38(20)25-36-37-26(42-25)41-14-15-6-5-7-16(10-15)29(30,31)32/h3-10H,11-12,14,34H2,1-2H3,(H,35,40)/t28-/m0/s1. The van der Waals surface area contributed by atoms with Crippen LogP contribution in [0.25, 0.3) is 0 Å². The van der Waals surface area contributed by atoms with E-state index in [9.17, 15) is 28.0 Å². The van der Waals surface area contributed by atoms with Gasteiger partial charge in [-0.2, -0.15) is 18.4 Å². The van der Waals surface area contributed by atoms with Gasteiger partial charge in [0.05, 0.1) is 11.1 Å². The van der Waals surface area contributed by atoms with E-state index >= 15 is 0 Å². The van der Waals surface area contributed by atoms with Crippen LogP contribution in [0.1, 0.15) is 43.4 Å². The number of benzene rings is 2. The first-order chi connectivity index (χ1) is 19.9. The maximum absolute atomic E-state index is 13.9. The number of rotatable bonds is 4. The fourth-order valence-corrected chi connectivity index (χ4v) is 7.75. The van der Waals surface area contributed by atoms with E-state index in [4.69, 9.17) is 5.73 Å². The van der Waals surface area contributed by atoms with E-state index in [1.165, 1.54) is 22.7 Å². The van der Waals surface area contributed by atoms with Crippen molar-refractivity contribution in [3.05, 3.63) is 87.9 Å². The molecule has 13 heteroatoms. The van der Waals surface area contributed by atoms with Crippen LogP contribution in [0.15, 0.2) is 75.5 Å². The third-order valence-corrected chi connectivity index (χ3v) is 9.72. The van der Waals surface area contributed by atoms with Crippen molar-refractivity contribution in [2.24, 2.45) is 11.1 Å². The largest absolute Gasteiger partial charge is 0.416 e. The van der Waals surface area contributed by atoms with E-state index in [2.05, 4.69) is 21.6 Å². The number of thioether (sulfide) groups is 1. The lowest BCUT2D eigenvalue weighted by molar-refractivity contribution is -0.137. The number of nitrogens with one attached hydrogen (secondary N) is 1. The number of anilines is 2. The minimum Gasteiger partial charge on any atom is -0.384 e. The second kappa shape index (κ2) is 9.71. The van der Waals surface area contributed by atoms with Gasteiger partial charge >= 0.3 is 6.18 Å². The summed E-state index contributed by atoms with van der Waals surface area (Å²) in [6.45, 7) is 3.89. The van der Waals surface area contributed by atoms with Crippen LogP contribution in [0.5, 0.6) is 0 Å². The first-order valence-electron chi connectivity index (χ1n) is 12.9. The molecule has 8 nitrogen and oxygen atoms in total. The van der Waals surface area contributed by atoms with E-state index in [-0.39, 0.29) is 40.1 Å². The summed E-state index contributed by atoms with van der Waals surface area (Å²) >= 11 is 2.34. The average Bonchev–Trinajstić information content (AvgIpc) is 3.49. The molecule has 1 aromatic heterocycles. The normalized spacial score (nSPS) is 21.4. The number of allylic oxidation sites excluding steroid dienone is 1. The molecule has 2 aliphatic heterocycles. The number of nitrogens with two attached hydrogens (primary N) is 1. The van der Waals surface area contributed by atoms with E-state index in [1.807, 2.05) is 13.8 Å². The van der Waals surface area contributed by atoms with E-state index in [0.717, 1.165) is 23.5 Å². The van der Waals surface area contributed by atoms with Crippen LogP contribution in [0.4, 0.5) is 24.0 Å². The number of halogens is 3. The highest BCUT2D eigenvalue weighted by Gasteiger charge is 2.61. The molecule has 3 N–H and O–H groups in total. The highest BCUT2D eigenvalue weighted by Crippen LogP contribution is 2.57. The molecule has 1 aliphatic carbocycles. The lowest BCUT2D eigenvalue weighted by atomic mass is 9.61. The number of Topliss-reactive ketones (excluding diaryl/α,β-unsaturated/α-hetero) is 1. The Balaban J connectivity index is 1.43. The van der Waals surface area contributed by atoms with Crippen molar-refractivity contribution < 1.29 is 22.8 Å². The second-order valence-corrected chi connectivity index (χ2v) is 13.2. The van der Waals surface area contributed by atoms with Gasteiger partial charge in [-0.05, 0) is 29.5 Å². The molecule has 1 amide bonds. The summed E-state index contributed by atoms with van der Waals surface area (Å²) in [5, 5.41) is 22.1. The summed E-state index contributed by atoms with van der Waals surface area (Å²) in [6.07, 6.45) is -3.90. The van der Waals surface area contributed by atoms with Crippen LogP contribution >= 0.6 is 23.1 Å². The molecular formula is C29H23F3N6O2S2. The summed E-state index contributed by atoms with van der Waals surface area (Å²) in [5.74, 6) is -0.591. The van der Waals surface area contributed by atoms with Crippen molar-refractivity contribution in [1.29, 1.82) is 5.26 Å². The Bertz CT molecular complexity index is 1770. The molecule has 3 aliphatic rings. The number of nitriles is 1. The van der Waals surface area contributed by atoms with Crippen LogP contribution in [0.3, 0.4) is 0 Å². The zero-order valence-corrected chi connectivity index (χ0v) is 24.0. The van der Waals surface area contributed by atoms with Crippen molar-refractivity contribution in [2.75, 3.05) is 10.2 Å². The molecule has 2 aromatic carbocycles. The molecule has 0 unspecified atom stereocenters. The SMILES string of the molecule is CC1(C)CC(=O)C2=C(C1)N(c1nnc(SCc3cccc(C(F)(F)F)c3)s1)C(N)=C(C#N)[C@]21C(=O)Nc2ccccc21. The molecule has 42 heavy (non-hydrogen) atoms. The Hall–Kier alpha value is -4.15. The quantitative estimate of drug-likeness (QED) is 0.351. The van der Waals surface area contributed by atoms with Crippen molar-refractivity contribution in [1.82, 2.24) is 10.2 Å². The fraction of sp³-hybridized carbons (Fsp3) is 0.276. The fourth-order valence-electron chi connectivity index (χ4n) is 5.93. The summed E-state index contributed by atoms with van der Waals surface area (Å²) in [7, 11) is 0. The maximum atomic E-state index is 13.9. The second-order valence-electron chi connectivity index (χ2n) is 11.1. The van der Waals surface area contributed by atoms with E-state index in [1.54, 1.807) is 30.3 Å². The van der Waals surface area contributed by atoms with Gasteiger partial charge in [-0.3, -0.25) is 14.5 Å². The number of alkyl halides is 3. The van der Waals surface area contributed by atoms with Crippen LogP contribution in [-0.4, -0.2) is 21.9 Å². The summed E-state index contributed by atoms with van der Waals surface area (Å²) in [5.41, 5.74) is 5.85. The molecule has 1 spiro atoms. The highest BCUT2D eigenvalue weighted by atomic mass is 32.2. The van der Waals surface area contributed by atoms with Gasteiger partial charge in [0.15, 0.2) is 10.1 Å². The molecule has 6 rings (SSSR count). The Labute approximate surface area is 247 Å². The minimum atomic E-state index is -4.45. The summed E-state index contributed by atoms with van der Waals surface area (Å²) in [6, 6.07) is 14.1. The van der Waals surface area contributed by atoms with Crippen LogP contribution in [0.2, 0.25) is 0 Å². The number of para-hydroxylation sites is 1. The molecule has 0 saturated heterocycles. The minimum absolute atomic E-state index is 0.0285. The van der Waals surface area contributed by atoms with Gasteiger partial charge in [-0.1, -0.05) is 73.3 Å². The van der Waals surface area contributed by atoms with Crippen LogP contribution < -0.4 is 16.0 Å². The third kappa shape index (κ3) is 4.28. The monoisotopic (exact) mass is 608 g/mol. The Morgan fingerprint density at radius 2 is 1.90 bits per heavy atom. The van der Waals surface area contributed by atoms with Gasteiger partial charge in [-0.15, -0.1) is 10.2 Å². The van der Waals surface area contributed by atoms with Gasteiger partial charge in [0.2, 0.25) is 11.0 Å². The molecule has 0 saturated carbocycles. The van der Waals surface area contributed by atoms with Gasteiger partial charge in [0, 0.05) is 34.7 Å². The van der Waals surface area contributed by atoms with Gasteiger partial charge in [0.1, 0.15) is 17.3 Å². The van der Waals surface area contributed by atoms with Crippen LogP contribution in [-0.2, 0) is 26.9 Å². The number of carbonyl (C=O) groups excluding carboxylic acids is 2. The molecule has 3 heterocycles. The molecule has 0 radical (unpaired) electrons. The van der Waals surface area contributed by atoms with Crippen molar-refractivity contribution in [3.63, 3.8) is 0 Å².